The maximum Gasteiger partial charge on any atom is 0.252 e. The number of benzene rings is 2. The number of hydrogen-bond donors (Lipinski definition) is 1. The lowest BCUT2D eigenvalue weighted by molar-refractivity contribution is -0.183. The topological polar surface area (TPSA) is 75.3 Å². The van der Waals surface area contributed by atoms with E-state index in [4.69, 9.17) is 23.7 Å². The number of hydrogen-bond acceptors (Lipinski definition) is 6. The summed E-state index contributed by atoms with van der Waals surface area (Å²) in [6, 6.07) is 9.36. The summed E-state index contributed by atoms with van der Waals surface area (Å²) in [4.78, 5) is 13.5. The van der Waals surface area contributed by atoms with Crippen molar-refractivity contribution >= 4 is 5.91 Å². The first-order valence-corrected chi connectivity index (χ1v) is 12.2. The summed E-state index contributed by atoms with van der Waals surface area (Å²) in [5, 5.41) is 2.83. The van der Waals surface area contributed by atoms with Crippen molar-refractivity contribution in [3.8, 4) is 0 Å². The summed E-state index contributed by atoms with van der Waals surface area (Å²) in [5.41, 5.74) is -0.960. The molecule has 10 heteroatoms. The van der Waals surface area contributed by atoms with Crippen molar-refractivity contribution < 1.29 is 41.7 Å². The molecule has 1 N–H and O–H groups in total. The highest BCUT2D eigenvalue weighted by Gasteiger charge is 2.58. The molecule has 1 amide bonds. The van der Waals surface area contributed by atoms with Crippen LogP contribution in [-0.4, -0.2) is 55.9 Å². The van der Waals surface area contributed by atoms with Crippen molar-refractivity contribution in [1.29, 1.82) is 0 Å². The number of carbonyl (C=O) groups excluding carboxylic acids is 1. The average Bonchev–Trinajstić information content (AvgIpc) is 3.17. The van der Waals surface area contributed by atoms with Gasteiger partial charge in [-0.25, -0.2) is 13.2 Å². The van der Waals surface area contributed by atoms with Gasteiger partial charge in [-0.05, 0) is 43.7 Å². The molecule has 2 aliphatic rings. The van der Waals surface area contributed by atoms with E-state index in [1.54, 1.807) is 26.0 Å². The van der Waals surface area contributed by atoms with Crippen molar-refractivity contribution in [2.45, 2.75) is 69.6 Å². The van der Waals surface area contributed by atoms with Crippen molar-refractivity contribution in [3.63, 3.8) is 0 Å². The quantitative estimate of drug-likeness (QED) is 0.475. The van der Waals surface area contributed by atoms with E-state index in [-0.39, 0.29) is 44.0 Å². The first kappa shape index (κ1) is 27.5. The van der Waals surface area contributed by atoms with Gasteiger partial charge in [-0.15, -0.1) is 0 Å². The number of amides is 1. The molecule has 1 heterocycles. The van der Waals surface area contributed by atoms with Crippen LogP contribution in [0.1, 0.15) is 37.8 Å². The summed E-state index contributed by atoms with van der Waals surface area (Å²) in [7, 11) is 1.52. The van der Waals surface area contributed by atoms with E-state index >= 15 is 0 Å². The summed E-state index contributed by atoms with van der Waals surface area (Å²) >= 11 is 0. The molecule has 7 nitrogen and oxygen atoms in total. The van der Waals surface area contributed by atoms with Gasteiger partial charge >= 0.3 is 0 Å². The van der Waals surface area contributed by atoms with Crippen LogP contribution in [0.5, 0.6) is 0 Å². The van der Waals surface area contributed by atoms with Crippen LogP contribution in [0.25, 0.3) is 0 Å². The molecule has 1 saturated carbocycles. The molecule has 37 heavy (non-hydrogen) atoms. The van der Waals surface area contributed by atoms with Gasteiger partial charge in [0, 0.05) is 32.1 Å². The van der Waals surface area contributed by atoms with E-state index in [1.165, 1.54) is 25.3 Å². The number of fused-ring (bicyclic) bond motifs is 1. The fourth-order valence-electron chi connectivity index (χ4n) is 4.80. The van der Waals surface area contributed by atoms with Crippen molar-refractivity contribution in [2.24, 2.45) is 0 Å². The molecule has 0 aromatic heterocycles. The van der Waals surface area contributed by atoms with Gasteiger partial charge in [0.05, 0.1) is 32.0 Å². The Morgan fingerprint density at radius 2 is 1.73 bits per heavy atom. The smallest absolute Gasteiger partial charge is 0.252 e. The van der Waals surface area contributed by atoms with Crippen LogP contribution in [0.3, 0.4) is 0 Å². The third kappa shape index (κ3) is 6.50. The highest BCUT2D eigenvalue weighted by Crippen LogP contribution is 2.44. The van der Waals surface area contributed by atoms with Gasteiger partial charge in [0.2, 0.25) is 0 Å². The molecule has 1 saturated heterocycles. The number of ether oxygens (including phenoxy) is 5. The number of nitrogens with one attached hydrogen (secondary N) is 1. The second-order valence-corrected chi connectivity index (χ2v) is 9.75. The molecular weight excluding hydrogens is 491 g/mol. The number of methoxy groups -OCH3 is 1. The minimum absolute atomic E-state index is 0.0221. The highest BCUT2D eigenvalue weighted by molar-refractivity contribution is 5.85. The van der Waals surface area contributed by atoms with Crippen LogP contribution in [0.4, 0.5) is 13.2 Å². The SMILES string of the molecule is COCCNC(=O)[C@@]1(OCc2ccc(F)cc2)CC(OCc2c(F)cccc2F)[C@@H]2OC(C)(C)O[C@@H]2C1. The third-order valence-corrected chi connectivity index (χ3v) is 6.59. The highest BCUT2D eigenvalue weighted by atomic mass is 19.1. The second kappa shape index (κ2) is 11.5. The lowest BCUT2D eigenvalue weighted by Gasteiger charge is -2.43. The predicted molar refractivity (Wildman–Crippen MR) is 127 cm³/mol. The van der Waals surface area contributed by atoms with Gasteiger partial charge in [0.15, 0.2) is 11.4 Å². The van der Waals surface area contributed by atoms with E-state index in [0.717, 1.165) is 12.1 Å². The lowest BCUT2D eigenvalue weighted by atomic mass is 9.78. The molecule has 0 bridgehead atoms. The maximum absolute atomic E-state index is 14.3. The Labute approximate surface area is 214 Å². The molecule has 0 spiro atoms. The van der Waals surface area contributed by atoms with Gasteiger partial charge in [0.1, 0.15) is 23.6 Å². The van der Waals surface area contributed by atoms with Crippen LogP contribution in [0.2, 0.25) is 0 Å². The summed E-state index contributed by atoms with van der Waals surface area (Å²) < 4.78 is 71.5. The Morgan fingerprint density at radius 3 is 2.41 bits per heavy atom. The summed E-state index contributed by atoms with van der Waals surface area (Å²) in [6.07, 6.45) is -1.74. The van der Waals surface area contributed by atoms with Gasteiger partial charge in [0.25, 0.3) is 5.91 Å². The molecule has 4 atom stereocenters. The van der Waals surface area contributed by atoms with E-state index in [1.807, 2.05) is 0 Å². The zero-order valence-corrected chi connectivity index (χ0v) is 21.1. The summed E-state index contributed by atoms with van der Waals surface area (Å²) in [5.74, 6) is -3.20. The zero-order chi connectivity index (χ0) is 26.6. The van der Waals surface area contributed by atoms with Gasteiger partial charge in [-0.2, -0.15) is 0 Å². The molecule has 2 fully saturated rings. The Bertz CT molecular complexity index is 1060. The van der Waals surface area contributed by atoms with Crippen LogP contribution < -0.4 is 5.32 Å². The van der Waals surface area contributed by atoms with Crippen molar-refractivity contribution in [1.82, 2.24) is 5.32 Å². The first-order valence-electron chi connectivity index (χ1n) is 12.2. The fraction of sp³-hybridized carbons (Fsp3) is 0.519. The Morgan fingerprint density at radius 1 is 1.03 bits per heavy atom. The Hall–Kier alpha value is -2.50. The first-order chi connectivity index (χ1) is 17.6. The molecule has 2 aromatic carbocycles. The minimum atomic E-state index is -1.41. The zero-order valence-electron chi connectivity index (χ0n) is 21.1. The van der Waals surface area contributed by atoms with Crippen LogP contribution in [0.15, 0.2) is 42.5 Å². The number of rotatable bonds is 10. The normalized spacial score (nSPS) is 26.6. The van der Waals surface area contributed by atoms with Gasteiger partial charge in [-0.1, -0.05) is 18.2 Å². The monoisotopic (exact) mass is 523 g/mol. The van der Waals surface area contributed by atoms with Crippen LogP contribution in [0, 0.1) is 17.5 Å². The molecular formula is C27H32F3NO6. The predicted octanol–water partition coefficient (Wildman–Crippen LogP) is 4.02. The molecule has 0 radical (unpaired) electrons. The Kier molecular flexibility index (Phi) is 8.55. The molecule has 2 aromatic rings. The maximum atomic E-state index is 14.3. The van der Waals surface area contributed by atoms with Crippen LogP contribution in [-0.2, 0) is 41.7 Å². The molecule has 4 rings (SSSR count). The molecule has 1 unspecified atom stereocenters. The van der Waals surface area contributed by atoms with Gasteiger partial charge < -0.3 is 29.0 Å². The molecule has 202 valence electrons. The number of halogens is 3. The second-order valence-electron chi connectivity index (χ2n) is 9.75. The standard InChI is InChI=1S/C27H32F3NO6/c1-26(2)36-23-14-27(25(32)31-11-12-33-3,35-15-17-7-9-18(28)10-8-17)13-22(24(23)37-26)34-16-19-20(29)5-4-6-21(19)30/h4-10,22-24H,11-16H2,1-3H3,(H,31,32)/t22?,23-,24+,27-/m1/s1. The van der Waals surface area contributed by atoms with E-state index < -0.39 is 47.2 Å². The number of carbonyl (C=O) groups is 1. The minimum Gasteiger partial charge on any atom is -0.383 e. The van der Waals surface area contributed by atoms with Crippen LogP contribution >= 0.6 is 0 Å². The third-order valence-electron chi connectivity index (χ3n) is 6.59. The van der Waals surface area contributed by atoms with E-state index in [9.17, 15) is 18.0 Å². The van der Waals surface area contributed by atoms with Crippen molar-refractivity contribution in [2.75, 3.05) is 20.3 Å². The lowest BCUT2D eigenvalue weighted by Crippen LogP contribution is -2.60. The fourth-order valence-corrected chi connectivity index (χ4v) is 4.80. The van der Waals surface area contributed by atoms with E-state index in [2.05, 4.69) is 5.32 Å². The van der Waals surface area contributed by atoms with Crippen molar-refractivity contribution in [3.05, 3.63) is 71.0 Å². The van der Waals surface area contributed by atoms with Gasteiger partial charge in [-0.3, -0.25) is 4.79 Å². The molecule has 1 aliphatic carbocycles. The summed E-state index contributed by atoms with van der Waals surface area (Å²) in [6.45, 7) is 3.70. The van der Waals surface area contributed by atoms with E-state index in [0.29, 0.717) is 12.2 Å². The molecule has 1 aliphatic heterocycles. The Balaban J connectivity index is 1.61. The largest absolute Gasteiger partial charge is 0.383 e. The average molecular weight is 524 g/mol.